The van der Waals surface area contributed by atoms with E-state index in [1.807, 2.05) is 49.0 Å². The topological polar surface area (TPSA) is 78.6 Å². The van der Waals surface area contributed by atoms with E-state index < -0.39 is 6.09 Å². The smallest absolute Gasteiger partial charge is 0.404 e. The van der Waals surface area contributed by atoms with Crippen molar-refractivity contribution in [3.63, 3.8) is 0 Å². The van der Waals surface area contributed by atoms with Gasteiger partial charge in [0.1, 0.15) is 6.61 Å². The van der Waals surface area contributed by atoms with Crippen molar-refractivity contribution in [2.75, 3.05) is 12.4 Å². The maximum atomic E-state index is 11.3. The van der Waals surface area contributed by atoms with Crippen LogP contribution in [0, 0.1) is 11.8 Å². The van der Waals surface area contributed by atoms with Gasteiger partial charge < -0.3 is 15.2 Å². The van der Waals surface area contributed by atoms with Crippen LogP contribution in [-0.4, -0.2) is 29.7 Å². The van der Waals surface area contributed by atoms with Crippen LogP contribution in [-0.2, 0) is 20.9 Å². The lowest BCUT2D eigenvalue weighted by atomic mass is 9.82. The monoisotopic (exact) mass is 421 g/mol. The number of nitrogens with two attached hydrogens (primary N) is 1. The molecule has 0 aromatic heterocycles. The molecule has 0 radical (unpaired) electrons. The lowest BCUT2D eigenvalue weighted by molar-refractivity contribution is -0.142. The van der Waals surface area contributed by atoms with Crippen LogP contribution in [0.15, 0.2) is 42.0 Å². The molecule has 0 bridgehead atoms. The Labute approximate surface area is 179 Å². The number of esters is 1. The number of amides is 1. The van der Waals surface area contributed by atoms with Gasteiger partial charge >= 0.3 is 12.1 Å². The molecule has 29 heavy (non-hydrogen) atoms. The van der Waals surface area contributed by atoms with Crippen molar-refractivity contribution >= 4 is 23.8 Å². The molecule has 1 aromatic carbocycles. The van der Waals surface area contributed by atoms with Crippen LogP contribution >= 0.6 is 11.8 Å². The molecule has 162 valence electrons. The zero-order valence-corrected chi connectivity index (χ0v) is 18.9. The molecule has 2 N–H and O–H groups in total. The number of thioether (sulfide) groups is 1. The van der Waals surface area contributed by atoms with Gasteiger partial charge in [0.2, 0.25) is 0 Å². The Hall–Kier alpha value is -1.95. The van der Waals surface area contributed by atoms with Gasteiger partial charge in [-0.15, -0.1) is 0 Å². The summed E-state index contributed by atoms with van der Waals surface area (Å²) in [5.41, 5.74) is 7.22. The van der Waals surface area contributed by atoms with Gasteiger partial charge in [0.05, 0.1) is 13.0 Å². The van der Waals surface area contributed by atoms with Crippen LogP contribution in [0.25, 0.3) is 0 Å². The molecule has 1 aliphatic carbocycles. The molecule has 1 aliphatic rings. The van der Waals surface area contributed by atoms with Gasteiger partial charge in [-0.2, -0.15) is 11.8 Å². The molecular formula is C23H35NO4S. The normalized spacial score (nSPS) is 18.3. The largest absolute Gasteiger partial charge is 0.466 e. The highest BCUT2D eigenvalue weighted by molar-refractivity contribution is 8.00. The van der Waals surface area contributed by atoms with Crippen LogP contribution in [0.5, 0.6) is 0 Å². The maximum Gasteiger partial charge on any atom is 0.404 e. The highest BCUT2D eigenvalue weighted by Crippen LogP contribution is 2.36. The third-order valence-corrected chi connectivity index (χ3v) is 6.06. The summed E-state index contributed by atoms with van der Waals surface area (Å²) in [5.74, 6) is 2.27. The highest BCUT2D eigenvalue weighted by atomic mass is 32.2. The molecule has 2 atom stereocenters. The molecule has 0 aliphatic heterocycles. The molecule has 1 amide bonds. The van der Waals surface area contributed by atoms with E-state index in [2.05, 4.69) is 31.6 Å². The number of benzene rings is 1. The van der Waals surface area contributed by atoms with Gasteiger partial charge in [-0.25, -0.2) is 4.79 Å². The minimum absolute atomic E-state index is 0.0670. The van der Waals surface area contributed by atoms with Gasteiger partial charge in [-0.3, -0.25) is 4.79 Å². The van der Waals surface area contributed by atoms with Gasteiger partial charge in [0.15, 0.2) is 0 Å². The number of primary amides is 1. The predicted molar refractivity (Wildman–Crippen MR) is 120 cm³/mol. The van der Waals surface area contributed by atoms with E-state index in [9.17, 15) is 9.59 Å². The number of hydrogen-bond acceptors (Lipinski definition) is 5. The lowest BCUT2D eigenvalue weighted by Gasteiger charge is -2.32. The van der Waals surface area contributed by atoms with E-state index in [0.29, 0.717) is 18.3 Å². The quantitative estimate of drug-likeness (QED) is 0.453. The Morgan fingerprint density at radius 2 is 1.90 bits per heavy atom. The molecule has 0 saturated heterocycles. The average molecular weight is 422 g/mol. The molecular weight excluding hydrogens is 386 g/mol. The van der Waals surface area contributed by atoms with Gasteiger partial charge in [0.25, 0.3) is 0 Å². The summed E-state index contributed by atoms with van der Waals surface area (Å²) in [6, 6.07) is 9.37. The second-order valence-electron chi connectivity index (χ2n) is 7.44. The first kappa shape index (κ1) is 25.1. The zero-order chi connectivity index (χ0) is 21.6. The second-order valence-corrected chi connectivity index (χ2v) is 8.73. The fourth-order valence-electron chi connectivity index (χ4n) is 3.17. The Balaban J connectivity index is 0.000000326. The Kier molecular flexibility index (Phi) is 12.2. The van der Waals surface area contributed by atoms with Crippen molar-refractivity contribution in [1.29, 1.82) is 0 Å². The molecule has 2 rings (SSSR count). The van der Waals surface area contributed by atoms with Gasteiger partial charge in [-0.1, -0.05) is 55.8 Å². The van der Waals surface area contributed by atoms with Crippen molar-refractivity contribution in [3.8, 4) is 0 Å². The molecule has 6 heteroatoms. The minimum atomic E-state index is -0.742. The van der Waals surface area contributed by atoms with E-state index in [4.69, 9.17) is 10.5 Å². The first-order valence-corrected chi connectivity index (χ1v) is 11.3. The number of rotatable bonds is 8. The van der Waals surface area contributed by atoms with E-state index in [0.717, 1.165) is 23.2 Å². The second kappa shape index (κ2) is 14.1. The first-order chi connectivity index (χ1) is 13.8. The Morgan fingerprint density at radius 1 is 1.21 bits per heavy atom. The molecule has 0 spiro atoms. The number of allylic oxidation sites excluding steroid dienone is 1. The third-order valence-electron chi connectivity index (χ3n) is 4.74. The highest BCUT2D eigenvalue weighted by Gasteiger charge is 2.26. The molecule has 0 saturated carbocycles. The van der Waals surface area contributed by atoms with E-state index >= 15 is 0 Å². The molecule has 0 fully saturated rings. The summed E-state index contributed by atoms with van der Waals surface area (Å²) >= 11 is 1.91. The van der Waals surface area contributed by atoms with Crippen LogP contribution in [0.2, 0.25) is 0 Å². The number of carbonyl (C=O) groups is 2. The minimum Gasteiger partial charge on any atom is -0.466 e. The summed E-state index contributed by atoms with van der Waals surface area (Å²) in [7, 11) is 0. The summed E-state index contributed by atoms with van der Waals surface area (Å²) < 4.78 is 9.53. The van der Waals surface area contributed by atoms with Crippen LogP contribution in [0.3, 0.4) is 0 Å². The first-order valence-electron chi connectivity index (χ1n) is 10.2. The van der Waals surface area contributed by atoms with Gasteiger partial charge in [0, 0.05) is 11.0 Å². The average Bonchev–Trinajstić information content (AvgIpc) is 2.68. The summed E-state index contributed by atoms with van der Waals surface area (Å²) in [5, 5.41) is 0.577. The summed E-state index contributed by atoms with van der Waals surface area (Å²) in [6.07, 6.45) is 4.72. The molecule has 5 nitrogen and oxygen atoms in total. The number of carbonyl (C=O) groups excluding carboxylic acids is 2. The van der Waals surface area contributed by atoms with Crippen molar-refractivity contribution in [2.45, 2.75) is 58.8 Å². The van der Waals surface area contributed by atoms with Gasteiger partial charge in [-0.05, 0) is 44.1 Å². The number of hydrogen-bond donors (Lipinski definition) is 1. The summed E-state index contributed by atoms with van der Waals surface area (Å²) in [6.45, 7) is 9.41. The maximum absolute atomic E-state index is 11.3. The van der Waals surface area contributed by atoms with Crippen molar-refractivity contribution < 1.29 is 19.1 Å². The van der Waals surface area contributed by atoms with Crippen molar-refractivity contribution in [1.82, 2.24) is 0 Å². The lowest BCUT2D eigenvalue weighted by Crippen LogP contribution is -2.25. The number of ether oxygens (including phenoxy) is 2. The fourth-order valence-corrected chi connectivity index (χ4v) is 4.75. The molecule has 1 aromatic rings. The predicted octanol–water partition coefficient (Wildman–Crippen LogP) is 5.34. The summed E-state index contributed by atoms with van der Waals surface area (Å²) in [4.78, 5) is 21.5. The standard InChI is InChI=1S/C15H26O2S.C8H9NO2/c1-5-17-15(16)8-9-18-14-10-12(4)6-7-13(14)11(2)3;9-8(10)11-6-7-4-2-1-3-5-7/h10-11,13-14H,5-9H2,1-4H3;1-5H,6H2,(H2,9,10). The van der Waals surface area contributed by atoms with E-state index in [1.165, 1.54) is 18.4 Å². The van der Waals surface area contributed by atoms with Crippen molar-refractivity contribution in [2.24, 2.45) is 17.6 Å². The molecule has 0 heterocycles. The van der Waals surface area contributed by atoms with Crippen LogP contribution < -0.4 is 5.73 Å². The fraction of sp³-hybridized carbons (Fsp3) is 0.565. The van der Waals surface area contributed by atoms with Crippen LogP contribution in [0.1, 0.15) is 52.5 Å². The van der Waals surface area contributed by atoms with Crippen LogP contribution in [0.4, 0.5) is 4.79 Å². The third kappa shape index (κ3) is 11.0. The SMILES string of the molecule is CCOC(=O)CCSC1C=C(C)CCC1C(C)C.NC(=O)OCc1ccccc1. The van der Waals surface area contributed by atoms with E-state index in [-0.39, 0.29) is 12.6 Å². The van der Waals surface area contributed by atoms with Crippen molar-refractivity contribution in [3.05, 3.63) is 47.5 Å². The molecule has 2 unspecified atom stereocenters. The Bertz CT molecular complexity index is 646. The Morgan fingerprint density at radius 3 is 2.48 bits per heavy atom. The van der Waals surface area contributed by atoms with E-state index in [1.54, 1.807) is 0 Å². The zero-order valence-electron chi connectivity index (χ0n) is 18.1.